The van der Waals surface area contributed by atoms with E-state index in [0.29, 0.717) is 22.1 Å². The molecule has 5 heteroatoms. The summed E-state index contributed by atoms with van der Waals surface area (Å²) in [6.07, 6.45) is 0. The molecule has 0 heterocycles. The van der Waals surface area contributed by atoms with Crippen LogP contribution in [-0.4, -0.2) is 11.0 Å². The Bertz CT molecular complexity index is 627. The first-order chi connectivity index (χ1) is 9.10. The molecule has 0 saturated carbocycles. The molecule has 0 aliphatic rings. The van der Waals surface area contributed by atoms with E-state index in [4.69, 9.17) is 27.3 Å². The highest BCUT2D eigenvalue weighted by atomic mass is 35.5. The average Bonchev–Trinajstić information content (AvgIpc) is 2.40. The van der Waals surface area contributed by atoms with Crippen LogP contribution in [0.2, 0.25) is 5.02 Å². The van der Waals surface area contributed by atoms with E-state index in [1.165, 1.54) is 0 Å². The lowest BCUT2D eigenvalue weighted by Crippen LogP contribution is -2.14. The Morgan fingerprint density at radius 3 is 2.74 bits per heavy atom. The number of oxime groups is 1. The molecule has 98 valence electrons. The minimum Gasteiger partial charge on any atom is -0.457 e. The standard InChI is InChI=1S/C14H13ClN2O2/c1-9-5-6-13(12(7-9)14(16)17-18)19-11-4-2-3-10(15)8-11/h2-8,18H,1H3,(H2,16,17). The summed E-state index contributed by atoms with van der Waals surface area (Å²) in [5, 5.41) is 12.4. The Morgan fingerprint density at radius 2 is 2.05 bits per heavy atom. The van der Waals surface area contributed by atoms with Gasteiger partial charge in [0.1, 0.15) is 11.5 Å². The van der Waals surface area contributed by atoms with Crippen LogP contribution < -0.4 is 10.5 Å². The van der Waals surface area contributed by atoms with E-state index in [9.17, 15) is 0 Å². The van der Waals surface area contributed by atoms with Crippen molar-refractivity contribution in [2.24, 2.45) is 10.9 Å². The maximum absolute atomic E-state index is 8.80. The molecule has 0 radical (unpaired) electrons. The van der Waals surface area contributed by atoms with Gasteiger partial charge in [-0.05, 0) is 37.3 Å². The molecule has 2 aromatic rings. The van der Waals surface area contributed by atoms with Crippen molar-refractivity contribution >= 4 is 17.4 Å². The number of rotatable bonds is 3. The third kappa shape index (κ3) is 3.17. The molecule has 0 unspecified atom stereocenters. The van der Waals surface area contributed by atoms with Crippen molar-refractivity contribution in [1.29, 1.82) is 0 Å². The summed E-state index contributed by atoms with van der Waals surface area (Å²) in [6.45, 7) is 1.91. The topological polar surface area (TPSA) is 67.8 Å². The molecule has 0 bridgehead atoms. The fourth-order valence-electron chi connectivity index (χ4n) is 1.64. The highest BCUT2D eigenvalue weighted by Crippen LogP contribution is 2.27. The van der Waals surface area contributed by atoms with Crippen LogP contribution in [0.5, 0.6) is 11.5 Å². The summed E-state index contributed by atoms with van der Waals surface area (Å²) in [5.41, 5.74) is 7.16. The van der Waals surface area contributed by atoms with Gasteiger partial charge in [0.2, 0.25) is 0 Å². The van der Waals surface area contributed by atoms with Gasteiger partial charge >= 0.3 is 0 Å². The summed E-state index contributed by atoms with van der Waals surface area (Å²) >= 11 is 5.90. The van der Waals surface area contributed by atoms with Crippen LogP contribution in [0.4, 0.5) is 0 Å². The molecule has 0 amide bonds. The molecule has 19 heavy (non-hydrogen) atoms. The number of halogens is 1. The molecule has 0 atom stereocenters. The number of amidine groups is 1. The zero-order chi connectivity index (χ0) is 13.8. The monoisotopic (exact) mass is 276 g/mol. The quantitative estimate of drug-likeness (QED) is 0.390. The lowest BCUT2D eigenvalue weighted by atomic mass is 10.1. The summed E-state index contributed by atoms with van der Waals surface area (Å²) in [5.74, 6) is 1.09. The first-order valence-corrected chi connectivity index (χ1v) is 6.00. The van der Waals surface area contributed by atoms with Crippen LogP contribution in [0, 0.1) is 6.92 Å². The van der Waals surface area contributed by atoms with Crippen LogP contribution in [-0.2, 0) is 0 Å². The van der Waals surface area contributed by atoms with Gasteiger partial charge in [-0.25, -0.2) is 0 Å². The summed E-state index contributed by atoms with van der Waals surface area (Å²) in [7, 11) is 0. The van der Waals surface area contributed by atoms with Crippen molar-refractivity contribution in [3.05, 3.63) is 58.6 Å². The first-order valence-electron chi connectivity index (χ1n) is 5.62. The zero-order valence-corrected chi connectivity index (χ0v) is 11.1. The minimum atomic E-state index is 0.000674. The SMILES string of the molecule is Cc1ccc(Oc2cccc(Cl)c2)c(/C(N)=N/O)c1. The van der Waals surface area contributed by atoms with Gasteiger partial charge in [-0.3, -0.25) is 0 Å². The van der Waals surface area contributed by atoms with Crippen molar-refractivity contribution in [3.8, 4) is 11.5 Å². The molecule has 3 N–H and O–H groups in total. The summed E-state index contributed by atoms with van der Waals surface area (Å²) < 4.78 is 5.71. The van der Waals surface area contributed by atoms with Crippen LogP contribution >= 0.6 is 11.6 Å². The second-order valence-electron chi connectivity index (χ2n) is 4.04. The van der Waals surface area contributed by atoms with E-state index < -0.39 is 0 Å². The van der Waals surface area contributed by atoms with E-state index >= 15 is 0 Å². The van der Waals surface area contributed by atoms with Gasteiger partial charge in [-0.15, -0.1) is 0 Å². The van der Waals surface area contributed by atoms with E-state index in [-0.39, 0.29) is 5.84 Å². The number of nitrogens with two attached hydrogens (primary N) is 1. The normalized spacial score (nSPS) is 11.4. The zero-order valence-electron chi connectivity index (χ0n) is 10.3. The second-order valence-corrected chi connectivity index (χ2v) is 4.48. The van der Waals surface area contributed by atoms with Crippen LogP contribution in [0.15, 0.2) is 47.6 Å². The van der Waals surface area contributed by atoms with E-state index in [0.717, 1.165) is 5.56 Å². The average molecular weight is 277 g/mol. The highest BCUT2D eigenvalue weighted by Gasteiger charge is 2.10. The van der Waals surface area contributed by atoms with Gasteiger partial charge < -0.3 is 15.7 Å². The van der Waals surface area contributed by atoms with Crippen LogP contribution in [0.25, 0.3) is 0 Å². The van der Waals surface area contributed by atoms with Gasteiger partial charge in [0, 0.05) is 5.02 Å². The Kier molecular flexibility index (Phi) is 3.92. The van der Waals surface area contributed by atoms with Crippen molar-refractivity contribution in [1.82, 2.24) is 0 Å². The van der Waals surface area contributed by atoms with Crippen LogP contribution in [0.3, 0.4) is 0 Å². The third-order valence-electron chi connectivity index (χ3n) is 2.54. The number of ether oxygens (including phenoxy) is 1. The molecule has 0 fully saturated rings. The maximum atomic E-state index is 8.80. The molecule has 4 nitrogen and oxygen atoms in total. The van der Waals surface area contributed by atoms with Gasteiger partial charge in [0.15, 0.2) is 5.84 Å². The largest absolute Gasteiger partial charge is 0.457 e. The summed E-state index contributed by atoms with van der Waals surface area (Å²) in [4.78, 5) is 0. The van der Waals surface area contributed by atoms with Crippen LogP contribution in [0.1, 0.15) is 11.1 Å². The smallest absolute Gasteiger partial charge is 0.173 e. The summed E-state index contributed by atoms with van der Waals surface area (Å²) in [6, 6.07) is 12.5. The number of hydrogen-bond acceptors (Lipinski definition) is 3. The Hall–Kier alpha value is -2.20. The predicted octanol–water partition coefficient (Wildman–Crippen LogP) is 3.54. The maximum Gasteiger partial charge on any atom is 0.173 e. The molecule has 0 aliphatic heterocycles. The predicted molar refractivity (Wildman–Crippen MR) is 75.2 cm³/mol. The molecule has 0 saturated heterocycles. The van der Waals surface area contributed by atoms with Gasteiger partial charge in [0.05, 0.1) is 5.56 Å². The molecular formula is C14H13ClN2O2. The van der Waals surface area contributed by atoms with Crippen molar-refractivity contribution in [2.45, 2.75) is 6.92 Å². The van der Waals surface area contributed by atoms with Crippen molar-refractivity contribution < 1.29 is 9.94 Å². The molecule has 0 spiro atoms. The van der Waals surface area contributed by atoms with Crippen molar-refractivity contribution in [3.63, 3.8) is 0 Å². The molecule has 0 aromatic heterocycles. The van der Waals surface area contributed by atoms with Gasteiger partial charge in [0.25, 0.3) is 0 Å². The van der Waals surface area contributed by atoms with Gasteiger partial charge in [-0.2, -0.15) is 0 Å². The number of nitrogens with zero attached hydrogens (tertiary/aromatic N) is 1. The molecule has 2 aromatic carbocycles. The van der Waals surface area contributed by atoms with E-state index in [1.54, 1.807) is 36.4 Å². The fourth-order valence-corrected chi connectivity index (χ4v) is 1.82. The first kappa shape index (κ1) is 13.2. The van der Waals surface area contributed by atoms with E-state index in [2.05, 4.69) is 5.16 Å². The fraction of sp³-hybridized carbons (Fsp3) is 0.0714. The lowest BCUT2D eigenvalue weighted by molar-refractivity contribution is 0.318. The van der Waals surface area contributed by atoms with E-state index in [1.807, 2.05) is 13.0 Å². The minimum absolute atomic E-state index is 0.000674. The molecular weight excluding hydrogens is 264 g/mol. The Morgan fingerprint density at radius 1 is 1.26 bits per heavy atom. The number of benzene rings is 2. The second kappa shape index (κ2) is 5.63. The highest BCUT2D eigenvalue weighted by molar-refractivity contribution is 6.30. The van der Waals surface area contributed by atoms with Gasteiger partial charge in [-0.1, -0.05) is 34.5 Å². The number of aryl methyl sites for hydroxylation is 1. The number of hydrogen-bond donors (Lipinski definition) is 2. The molecule has 2 rings (SSSR count). The Labute approximate surface area is 116 Å². The van der Waals surface area contributed by atoms with Crippen molar-refractivity contribution in [2.75, 3.05) is 0 Å². The third-order valence-corrected chi connectivity index (χ3v) is 2.78. The molecule has 0 aliphatic carbocycles. The Balaban J connectivity index is 2.40. The lowest BCUT2D eigenvalue weighted by Gasteiger charge is -2.11.